The van der Waals surface area contributed by atoms with Gasteiger partial charge in [-0.2, -0.15) is 0 Å². The molecule has 0 radical (unpaired) electrons. The maximum atomic E-state index is 11.3. The van der Waals surface area contributed by atoms with Gasteiger partial charge in [0.05, 0.1) is 24.2 Å². The Hall–Kier alpha value is -2.15. The highest BCUT2D eigenvalue weighted by molar-refractivity contribution is 5.90. The van der Waals surface area contributed by atoms with Crippen LogP contribution in [0.4, 0.5) is 5.69 Å². The Balaban J connectivity index is 2.99. The minimum absolute atomic E-state index is 0.0138. The molecule has 0 atom stereocenters. The second kappa shape index (κ2) is 6.55. The van der Waals surface area contributed by atoms with Gasteiger partial charge in [0.1, 0.15) is 6.61 Å². The second-order valence-electron chi connectivity index (χ2n) is 3.27. The van der Waals surface area contributed by atoms with E-state index in [0.717, 1.165) is 0 Å². The third-order valence-corrected chi connectivity index (χ3v) is 2.12. The number of carbonyl (C=O) groups excluding carboxylic acids is 1. The predicted octanol–water partition coefficient (Wildman–Crippen LogP) is 1.41. The molecule has 1 aromatic carbocycles. The lowest BCUT2D eigenvalue weighted by Crippen LogP contribution is -2.08. The highest BCUT2D eigenvalue weighted by Gasteiger charge is 2.18. The Morgan fingerprint density at radius 3 is 2.61 bits per heavy atom. The number of nitro benzene ring substituents is 1. The fraction of sp³-hybridized carbons (Fsp3) is 0.364. The Bertz CT molecular complexity index is 445. The summed E-state index contributed by atoms with van der Waals surface area (Å²) in [5, 5.41) is 10.8. The summed E-state index contributed by atoms with van der Waals surface area (Å²) in [4.78, 5) is 21.5. The molecule has 0 spiro atoms. The Kier molecular flexibility index (Phi) is 5.06. The van der Waals surface area contributed by atoms with Crippen molar-refractivity contribution in [2.45, 2.75) is 0 Å². The molecular formula is C11H13NO6. The molecule has 18 heavy (non-hydrogen) atoms. The van der Waals surface area contributed by atoms with Crippen LogP contribution in [-0.4, -0.2) is 38.3 Å². The fourth-order valence-electron chi connectivity index (χ4n) is 1.26. The van der Waals surface area contributed by atoms with Gasteiger partial charge in [0, 0.05) is 19.2 Å². The van der Waals surface area contributed by atoms with Gasteiger partial charge in [-0.1, -0.05) is 0 Å². The molecule has 0 aliphatic carbocycles. The van der Waals surface area contributed by atoms with Crippen LogP contribution in [-0.2, 0) is 9.47 Å². The van der Waals surface area contributed by atoms with Gasteiger partial charge in [0.25, 0.3) is 0 Å². The van der Waals surface area contributed by atoms with Crippen LogP contribution < -0.4 is 4.74 Å². The largest absolute Gasteiger partial charge is 0.484 e. The average Bonchev–Trinajstić information content (AvgIpc) is 2.37. The van der Waals surface area contributed by atoms with E-state index in [1.165, 1.54) is 32.4 Å². The van der Waals surface area contributed by atoms with E-state index in [1.54, 1.807) is 0 Å². The van der Waals surface area contributed by atoms with Gasteiger partial charge in [-0.05, 0) is 6.07 Å². The van der Waals surface area contributed by atoms with Crippen molar-refractivity contribution in [1.29, 1.82) is 0 Å². The molecule has 0 unspecified atom stereocenters. The van der Waals surface area contributed by atoms with E-state index in [4.69, 9.17) is 9.47 Å². The zero-order valence-corrected chi connectivity index (χ0v) is 10.0. The van der Waals surface area contributed by atoms with Crippen LogP contribution in [0.15, 0.2) is 18.2 Å². The summed E-state index contributed by atoms with van der Waals surface area (Å²) in [6.07, 6.45) is 0. The molecule has 7 heteroatoms. The summed E-state index contributed by atoms with van der Waals surface area (Å²) in [7, 11) is 2.72. The molecule has 0 fully saturated rings. The van der Waals surface area contributed by atoms with E-state index in [2.05, 4.69) is 4.74 Å². The van der Waals surface area contributed by atoms with E-state index in [0.29, 0.717) is 6.61 Å². The number of nitro groups is 1. The number of hydrogen-bond acceptors (Lipinski definition) is 6. The molecule has 0 saturated heterocycles. The van der Waals surface area contributed by atoms with Crippen LogP contribution in [0.3, 0.4) is 0 Å². The molecule has 0 aliphatic heterocycles. The van der Waals surface area contributed by atoms with Crippen LogP contribution in [0.25, 0.3) is 0 Å². The summed E-state index contributed by atoms with van der Waals surface area (Å²) in [6, 6.07) is 3.79. The van der Waals surface area contributed by atoms with E-state index >= 15 is 0 Å². The highest BCUT2D eigenvalue weighted by Crippen LogP contribution is 2.28. The third-order valence-electron chi connectivity index (χ3n) is 2.12. The predicted molar refractivity (Wildman–Crippen MR) is 61.8 cm³/mol. The first kappa shape index (κ1) is 13.9. The molecule has 98 valence electrons. The zero-order valence-electron chi connectivity index (χ0n) is 10.0. The molecule has 7 nitrogen and oxygen atoms in total. The number of benzene rings is 1. The molecule has 0 bridgehead atoms. The van der Waals surface area contributed by atoms with Crippen LogP contribution in [0.5, 0.6) is 5.75 Å². The number of hydrogen-bond donors (Lipinski definition) is 0. The molecule has 1 aromatic rings. The first-order valence-electron chi connectivity index (χ1n) is 5.08. The minimum atomic E-state index is -0.582. The van der Waals surface area contributed by atoms with Gasteiger partial charge >= 0.3 is 11.7 Å². The van der Waals surface area contributed by atoms with Crippen molar-refractivity contribution in [3.8, 4) is 5.75 Å². The Labute approximate surface area is 103 Å². The molecule has 1 rings (SSSR count). The topological polar surface area (TPSA) is 87.9 Å². The van der Waals surface area contributed by atoms with Crippen molar-refractivity contribution >= 4 is 11.7 Å². The normalized spacial score (nSPS) is 9.89. The molecule has 0 amide bonds. The number of methoxy groups -OCH3 is 2. The molecular weight excluding hydrogens is 242 g/mol. The van der Waals surface area contributed by atoms with E-state index in [1.807, 2.05) is 0 Å². The fourth-order valence-corrected chi connectivity index (χ4v) is 1.26. The van der Waals surface area contributed by atoms with Crippen molar-refractivity contribution in [3.63, 3.8) is 0 Å². The smallest absolute Gasteiger partial charge is 0.337 e. The van der Waals surface area contributed by atoms with Gasteiger partial charge in [-0.3, -0.25) is 10.1 Å². The first-order chi connectivity index (χ1) is 8.60. The molecule has 0 heterocycles. The minimum Gasteiger partial charge on any atom is -0.484 e. The summed E-state index contributed by atoms with van der Waals surface area (Å²) in [5.74, 6) is -0.568. The van der Waals surface area contributed by atoms with Gasteiger partial charge < -0.3 is 14.2 Å². The molecule has 0 aliphatic rings. The van der Waals surface area contributed by atoms with Crippen LogP contribution in [0.1, 0.15) is 10.4 Å². The monoisotopic (exact) mass is 255 g/mol. The lowest BCUT2D eigenvalue weighted by molar-refractivity contribution is -0.385. The summed E-state index contributed by atoms with van der Waals surface area (Å²) in [6.45, 7) is 0.446. The Morgan fingerprint density at radius 2 is 2.06 bits per heavy atom. The number of nitrogens with zero attached hydrogens (tertiary/aromatic N) is 1. The zero-order chi connectivity index (χ0) is 13.5. The van der Waals surface area contributed by atoms with Crippen molar-refractivity contribution in [3.05, 3.63) is 33.9 Å². The van der Waals surface area contributed by atoms with Crippen molar-refractivity contribution in [2.75, 3.05) is 27.4 Å². The Morgan fingerprint density at radius 1 is 1.33 bits per heavy atom. The first-order valence-corrected chi connectivity index (χ1v) is 5.08. The lowest BCUT2D eigenvalue weighted by atomic mass is 10.2. The third kappa shape index (κ3) is 3.42. The summed E-state index contributed by atoms with van der Waals surface area (Å²) in [5.41, 5.74) is -0.0192. The lowest BCUT2D eigenvalue weighted by Gasteiger charge is -2.07. The number of esters is 1. The van der Waals surface area contributed by atoms with Crippen molar-refractivity contribution < 1.29 is 23.9 Å². The SMILES string of the molecule is COCCOc1cc(C(=O)OC)ccc1[N+](=O)[O-]. The van der Waals surface area contributed by atoms with E-state index in [-0.39, 0.29) is 23.6 Å². The second-order valence-corrected chi connectivity index (χ2v) is 3.27. The van der Waals surface area contributed by atoms with Crippen LogP contribution in [0.2, 0.25) is 0 Å². The quantitative estimate of drug-likeness (QED) is 0.330. The number of rotatable bonds is 6. The molecule has 0 aromatic heterocycles. The maximum absolute atomic E-state index is 11.3. The summed E-state index contributed by atoms with van der Waals surface area (Å²) < 4.78 is 14.5. The van der Waals surface area contributed by atoms with Gasteiger partial charge in [0.15, 0.2) is 5.75 Å². The summed E-state index contributed by atoms with van der Waals surface area (Å²) >= 11 is 0. The number of ether oxygens (including phenoxy) is 3. The van der Waals surface area contributed by atoms with E-state index < -0.39 is 10.9 Å². The van der Waals surface area contributed by atoms with E-state index in [9.17, 15) is 14.9 Å². The average molecular weight is 255 g/mol. The maximum Gasteiger partial charge on any atom is 0.337 e. The van der Waals surface area contributed by atoms with Gasteiger partial charge in [0.2, 0.25) is 0 Å². The number of carbonyl (C=O) groups is 1. The molecule has 0 saturated carbocycles. The highest BCUT2D eigenvalue weighted by atomic mass is 16.6. The van der Waals surface area contributed by atoms with Gasteiger partial charge in [-0.15, -0.1) is 0 Å². The molecule has 0 N–H and O–H groups in total. The van der Waals surface area contributed by atoms with Gasteiger partial charge in [-0.25, -0.2) is 4.79 Å². The van der Waals surface area contributed by atoms with Crippen molar-refractivity contribution in [1.82, 2.24) is 0 Å². The van der Waals surface area contributed by atoms with Crippen LogP contribution >= 0.6 is 0 Å². The van der Waals surface area contributed by atoms with Crippen molar-refractivity contribution in [2.24, 2.45) is 0 Å². The standard InChI is InChI=1S/C11H13NO6/c1-16-5-6-18-10-7-8(11(13)17-2)3-4-9(10)12(14)15/h3-4,7H,5-6H2,1-2H3. The van der Waals surface area contributed by atoms with Crippen LogP contribution in [0, 0.1) is 10.1 Å².